The molecule has 3 aromatic rings. The van der Waals surface area contributed by atoms with Gasteiger partial charge in [0.25, 0.3) is 5.56 Å². The molecular formula is C25H28N4O3. The molecule has 0 aliphatic heterocycles. The molecule has 0 aliphatic carbocycles. The number of nitrogens with one attached hydrogen (secondary N) is 2. The molecule has 0 saturated heterocycles. The quantitative estimate of drug-likeness (QED) is 0.616. The molecule has 7 nitrogen and oxygen atoms in total. The van der Waals surface area contributed by atoms with Crippen molar-refractivity contribution in [3.05, 3.63) is 75.1 Å². The van der Waals surface area contributed by atoms with Crippen molar-refractivity contribution in [3.63, 3.8) is 0 Å². The Morgan fingerprint density at radius 2 is 1.66 bits per heavy atom. The largest absolute Gasteiger partial charge is 0.326 e. The van der Waals surface area contributed by atoms with E-state index in [-0.39, 0.29) is 23.9 Å². The molecule has 0 unspecified atom stereocenters. The third-order valence-electron chi connectivity index (χ3n) is 5.20. The zero-order valence-electron chi connectivity index (χ0n) is 19.1. The van der Waals surface area contributed by atoms with Crippen molar-refractivity contribution in [2.75, 3.05) is 10.6 Å². The second-order valence-corrected chi connectivity index (χ2v) is 7.94. The number of aryl methyl sites for hydroxylation is 4. The molecule has 0 saturated carbocycles. The minimum atomic E-state index is -0.367. The molecule has 3 rings (SSSR count). The topological polar surface area (TPSA) is 93.1 Å². The first-order valence-electron chi connectivity index (χ1n) is 10.5. The van der Waals surface area contributed by atoms with E-state index in [2.05, 4.69) is 15.7 Å². The molecule has 1 aromatic heterocycles. The summed E-state index contributed by atoms with van der Waals surface area (Å²) >= 11 is 0. The van der Waals surface area contributed by atoms with E-state index in [1.807, 2.05) is 58.0 Å². The molecule has 7 heteroatoms. The van der Waals surface area contributed by atoms with Crippen LogP contribution >= 0.6 is 0 Å². The van der Waals surface area contributed by atoms with E-state index in [4.69, 9.17) is 0 Å². The van der Waals surface area contributed by atoms with Gasteiger partial charge in [0.1, 0.15) is 6.54 Å². The summed E-state index contributed by atoms with van der Waals surface area (Å²) in [6.07, 6.45) is 0.765. The number of benzene rings is 2. The molecule has 0 bridgehead atoms. The number of rotatable bonds is 6. The highest BCUT2D eigenvalue weighted by Gasteiger charge is 2.12. The maximum absolute atomic E-state index is 12.7. The standard InChI is InChI=1S/C25H28N4O3/c1-6-19-7-8-20(13-22(19)26-18(5)30)21-9-10-24(32)29(28-21)14-23(31)27-25-16(3)11-15(2)12-17(25)4/h7-13H,6,14H2,1-5H3,(H,26,30)(H,27,31). The SMILES string of the molecule is CCc1ccc(-c2ccc(=O)n(CC(=O)Nc3c(C)cc(C)cc3C)n2)cc1NC(C)=O. The predicted octanol–water partition coefficient (Wildman–Crippen LogP) is 4.00. The Balaban J connectivity index is 1.87. The van der Waals surface area contributed by atoms with E-state index in [0.717, 1.165) is 44.6 Å². The third kappa shape index (κ3) is 5.29. The number of amides is 2. The van der Waals surface area contributed by atoms with Gasteiger partial charge in [0, 0.05) is 29.9 Å². The van der Waals surface area contributed by atoms with E-state index >= 15 is 0 Å². The van der Waals surface area contributed by atoms with E-state index in [0.29, 0.717) is 11.4 Å². The maximum Gasteiger partial charge on any atom is 0.267 e. The van der Waals surface area contributed by atoms with Gasteiger partial charge in [-0.3, -0.25) is 14.4 Å². The van der Waals surface area contributed by atoms with E-state index in [1.165, 1.54) is 13.0 Å². The molecule has 2 N–H and O–H groups in total. The molecule has 0 atom stereocenters. The second kappa shape index (κ2) is 9.60. The summed E-state index contributed by atoms with van der Waals surface area (Å²) in [5, 5.41) is 10.1. The first-order chi connectivity index (χ1) is 15.2. The van der Waals surface area contributed by atoms with Crippen molar-refractivity contribution < 1.29 is 9.59 Å². The van der Waals surface area contributed by atoms with Gasteiger partial charge in [0.15, 0.2) is 0 Å². The summed E-state index contributed by atoms with van der Waals surface area (Å²) in [5.74, 6) is -0.486. The second-order valence-electron chi connectivity index (χ2n) is 7.94. The van der Waals surface area contributed by atoms with Crippen molar-refractivity contribution in [2.24, 2.45) is 0 Å². The van der Waals surface area contributed by atoms with Crippen molar-refractivity contribution in [2.45, 2.75) is 47.6 Å². The van der Waals surface area contributed by atoms with Crippen LogP contribution < -0.4 is 16.2 Å². The normalized spacial score (nSPS) is 10.7. The lowest BCUT2D eigenvalue weighted by atomic mass is 10.0. The van der Waals surface area contributed by atoms with Gasteiger partial charge in [-0.2, -0.15) is 5.10 Å². The minimum Gasteiger partial charge on any atom is -0.326 e. The van der Waals surface area contributed by atoms with Crippen LogP contribution in [0.5, 0.6) is 0 Å². The number of aromatic nitrogens is 2. The van der Waals surface area contributed by atoms with Gasteiger partial charge in [-0.25, -0.2) is 4.68 Å². The number of carbonyl (C=O) groups excluding carboxylic acids is 2. The summed E-state index contributed by atoms with van der Waals surface area (Å²) < 4.78 is 1.15. The highest BCUT2D eigenvalue weighted by atomic mass is 16.2. The Morgan fingerprint density at radius 1 is 0.969 bits per heavy atom. The van der Waals surface area contributed by atoms with Crippen LogP contribution in [-0.2, 0) is 22.6 Å². The third-order valence-corrected chi connectivity index (χ3v) is 5.20. The van der Waals surface area contributed by atoms with Crippen LogP contribution in [-0.4, -0.2) is 21.6 Å². The van der Waals surface area contributed by atoms with Crippen LogP contribution in [0.15, 0.2) is 47.3 Å². The lowest BCUT2D eigenvalue weighted by Crippen LogP contribution is -2.29. The number of anilines is 2. The molecule has 1 heterocycles. The van der Waals surface area contributed by atoms with Crippen LogP contribution in [0.1, 0.15) is 36.1 Å². The fourth-order valence-corrected chi connectivity index (χ4v) is 3.76. The van der Waals surface area contributed by atoms with Crippen molar-refractivity contribution in [1.82, 2.24) is 9.78 Å². The van der Waals surface area contributed by atoms with Crippen LogP contribution in [0.3, 0.4) is 0 Å². The summed E-state index contributed by atoms with van der Waals surface area (Å²) in [6, 6.07) is 12.7. The zero-order valence-corrected chi connectivity index (χ0v) is 19.1. The Bertz CT molecular complexity index is 1220. The molecule has 32 heavy (non-hydrogen) atoms. The van der Waals surface area contributed by atoms with Crippen molar-refractivity contribution in [1.29, 1.82) is 0 Å². The predicted molar refractivity (Wildman–Crippen MR) is 127 cm³/mol. The van der Waals surface area contributed by atoms with Crippen LogP contribution in [0.4, 0.5) is 11.4 Å². The van der Waals surface area contributed by atoms with Crippen molar-refractivity contribution >= 4 is 23.2 Å². The van der Waals surface area contributed by atoms with Gasteiger partial charge in [-0.05, 0) is 56.0 Å². The molecule has 0 spiro atoms. The molecule has 0 radical (unpaired) electrons. The van der Waals surface area contributed by atoms with E-state index < -0.39 is 0 Å². The Labute approximate surface area is 187 Å². The van der Waals surface area contributed by atoms with Gasteiger partial charge in [-0.1, -0.05) is 36.8 Å². The van der Waals surface area contributed by atoms with E-state index in [9.17, 15) is 14.4 Å². The lowest BCUT2D eigenvalue weighted by Gasteiger charge is -2.14. The first-order valence-corrected chi connectivity index (χ1v) is 10.5. The highest BCUT2D eigenvalue weighted by Crippen LogP contribution is 2.25. The Kier molecular flexibility index (Phi) is 6.88. The van der Waals surface area contributed by atoms with Crippen LogP contribution in [0.2, 0.25) is 0 Å². The minimum absolute atomic E-state index is 0.159. The lowest BCUT2D eigenvalue weighted by molar-refractivity contribution is -0.117. The molecule has 0 fully saturated rings. The number of nitrogens with zero attached hydrogens (tertiary/aromatic N) is 2. The maximum atomic E-state index is 12.7. The summed E-state index contributed by atoms with van der Waals surface area (Å²) in [4.78, 5) is 36.6. The molecular weight excluding hydrogens is 404 g/mol. The Hall–Kier alpha value is -3.74. The highest BCUT2D eigenvalue weighted by molar-refractivity contribution is 5.92. The van der Waals surface area contributed by atoms with Crippen LogP contribution in [0, 0.1) is 20.8 Å². The molecule has 2 amide bonds. The summed E-state index contributed by atoms with van der Waals surface area (Å²) in [6.45, 7) is 9.14. The number of hydrogen-bond donors (Lipinski definition) is 2. The molecule has 0 aliphatic rings. The Morgan fingerprint density at radius 3 is 2.28 bits per heavy atom. The average molecular weight is 433 g/mol. The van der Waals surface area contributed by atoms with Gasteiger partial charge >= 0.3 is 0 Å². The van der Waals surface area contributed by atoms with E-state index in [1.54, 1.807) is 6.07 Å². The smallest absolute Gasteiger partial charge is 0.267 e. The van der Waals surface area contributed by atoms with Gasteiger partial charge in [-0.15, -0.1) is 0 Å². The number of hydrogen-bond acceptors (Lipinski definition) is 4. The van der Waals surface area contributed by atoms with Gasteiger partial charge in [0.2, 0.25) is 11.8 Å². The fourth-order valence-electron chi connectivity index (χ4n) is 3.76. The average Bonchev–Trinajstić information content (AvgIpc) is 2.72. The molecule has 166 valence electrons. The number of carbonyl (C=O) groups is 2. The monoisotopic (exact) mass is 432 g/mol. The first kappa shape index (κ1) is 22.9. The summed E-state index contributed by atoms with van der Waals surface area (Å²) in [5.41, 5.74) is 6.42. The molecule has 2 aromatic carbocycles. The van der Waals surface area contributed by atoms with Gasteiger partial charge < -0.3 is 10.6 Å². The fraction of sp³-hybridized carbons (Fsp3) is 0.280. The van der Waals surface area contributed by atoms with Crippen LogP contribution in [0.25, 0.3) is 11.3 Å². The summed E-state index contributed by atoms with van der Waals surface area (Å²) in [7, 11) is 0. The zero-order chi connectivity index (χ0) is 23.4. The van der Waals surface area contributed by atoms with Crippen molar-refractivity contribution in [3.8, 4) is 11.3 Å². The van der Waals surface area contributed by atoms with Gasteiger partial charge in [0.05, 0.1) is 5.69 Å².